The van der Waals surface area contributed by atoms with E-state index in [1.807, 2.05) is 17.1 Å². The second kappa shape index (κ2) is 6.99. The van der Waals surface area contributed by atoms with Gasteiger partial charge >= 0.3 is 0 Å². The fourth-order valence-electron chi connectivity index (χ4n) is 1.97. The molecule has 2 aromatic rings. The van der Waals surface area contributed by atoms with Gasteiger partial charge in [0.05, 0.1) is 11.1 Å². The molecule has 0 aliphatic heterocycles. The first-order valence-corrected chi connectivity index (χ1v) is 7.02. The lowest BCUT2D eigenvalue weighted by molar-refractivity contribution is -0.384. The van der Waals surface area contributed by atoms with E-state index in [1.165, 1.54) is 12.1 Å². The quantitative estimate of drug-likeness (QED) is 0.627. The lowest BCUT2D eigenvalue weighted by Gasteiger charge is -2.05. The number of nitro groups is 1. The third kappa shape index (κ3) is 4.68. The second-order valence-electron chi connectivity index (χ2n) is 5.32. The molecule has 0 fully saturated rings. The molecular weight excluding hydrogens is 268 g/mol. The molecule has 0 radical (unpaired) electrons. The molecule has 1 aromatic carbocycles. The Labute approximate surface area is 123 Å². The van der Waals surface area contributed by atoms with Gasteiger partial charge in [0.25, 0.3) is 5.69 Å². The minimum atomic E-state index is -0.384. The number of nitrogens with zero attached hydrogens (tertiary/aromatic N) is 3. The Balaban J connectivity index is 1.86. The predicted molar refractivity (Wildman–Crippen MR) is 81.0 cm³/mol. The van der Waals surface area contributed by atoms with E-state index in [2.05, 4.69) is 24.3 Å². The number of aryl methyl sites for hydroxylation is 2. The van der Waals surface area contributed by atoms with E-state index in [9.17, 15) is 10.1 Å². The van der Waals surface area contributed by atoms with Crippen LogP contribution >= 0.6 is 0 Å². The topological polar surface area (TPSA) is 73.0 Å². The van der Waals surface area contributed by atoms with E-state index in [4.69, 9.17) is 0 Å². The van der Waals surface area contributed by atoms with Crippen LogP contribution < -0.4 is 5.32 Å². The van der Waals surface area contributed by atoms with Gasteiger partial charge in [-0.1, -0.05) is 26.0 Å². The number of rotatable bonds is 7. The zero-order valence-corrected chi connectivity index (χ0v) is 12.3. The normalized spacial score (nSPS) is 11.0. The first-order chi connectivity index (χ1) is 10.0. The molecule has 1 heterocycles. The van der Waals surface area contributed by atoms with E-state index >= 15 is 0 Å². The van der Waals surface area contributed by atoms with Crippen LogP contribution in [0.15, 0.2) is 36.7 Å². The summed E-state index contributed by atoms with van der Waals surface area (Å²) in [6.45, 7) is 5.80. The van der Waals surface area contributed by atoms with E-state index in [1.54, 1.807) is 12.1 Å². The van der Waals surface area contributed by atoms with Crippen LogP contribution in [0.25, 0.3) is 0 Å². The number of benzene rings is 1. The van der Waals surface area contributed by atoms with Crippen LogP contribution in [0.5, 0.6) is 0 Å². The Kier molecular flexibility index (Phi) is 5.05. The fraction of sp³-hybridized carbons (Fsp3) is 0.400. The molecule has 6 heteroatoms. The Hall–Kier alpha value is -2.21. The molecule has 1 N–H and O–H groups in total. The smallest absolute Gasteiger partial charge is 0.269 e. The van der Waals surface area contributed by atoms with Crippen molar-refractivity contribution in [1.82, 2.24) is 15.1 Å². The predicted octanol–water partition coefficient (Wildman–Crippen LogP) is 2.53. The number of nitrogens with one attached hydrogen (secondary N) is 1. The summed E-state index contributed by atoms with van der Waals surface area (Å²) in [5, 5.41) is 18.3. The highest BCUT2D eigenvalue weighted by atomic mass is 16.6. The molecule has 112 valence electrons. The molecule has 21 heavy (non-hydrogen) atoms. The molecule has 0 aliphatic carbocycles. The number of non-ortho nitro benzene ring substituents is 1. The number of nitro benzene ring substituents is 1. The molecule has 2 rings (SSSR count). The zero-order valence-electron chi connectivity index (χ0n) is 12.3. The fourth-order valence-corrected chi connectivity index (χ4v) is 1.97. The van der Waals surface area contributed by atoms with E-state index < -0.39 is 0 Å². The average molecular weight is 288 g/mol. The van der Waals surface area contributed by atoms with Crippen molar-refractivity contribution in [3.8, 4) is 0 Å². The second-order valence-corrected chi connectivity index (χ2v) is 5.32. The summed E-state index contributed by atoms with van der Waals surface area (Å²) in [4.78, 5) is 10.2. The maximum absolute atomic E-state index is 10.6. The Morgan fingerprint density at radius 1 is 1.29 bits per heavy atom. The summed E-state index contributed by atoms with van der Waals surface area (Å²) in [7, 11) is 0. The third-order valence-corrected chi connectivity index (χ3v) is 3.18. The lowest BCUT2D eigenvalue weighted by atomic mass is 10.1. The Morgan fingerprint density at radius 3 is 2.62 bits per heavy atom. The van der Waals surface area contributed by atoms with Crippen molar-refractivity contribution in [2.45, 2.75) is 39.4 Å². The molecule has 0 spiro atoms. The Bertz CT molecular complexity index is 590. The Morgan fingerprint density at radius 2 is 2.00 bits per heavy atom. The highest BCUT2D eigenvalue weighted by Gasteiger charge is 2.04. The van der Waals surface area contributed by atoms with Gasteiger partial charge in [-0.3, -0.25) is 14.8 Å². The molecule has 0 amide bonds. The van der Waals surface area contributed by atoms with Crippen molar-refractivity contribution in [3.05, 3.63) is 57.9 Å². The molecule has 0 atom stereocenters. The van der Waals surface area contributed by atoms with Gasteiger partial charge in [-0.2, -0.15) is 5.10 Å². The van der Waals surface area contributed by atoms with E-state index in [0.29, 0.717) is 6.04 Å². The van der Waals surface area contributed by atoms with Crippen molar-refractivity contribution >= 4 is 5.69 Å². The van der Waals surface area contributed by atoms with Crippen LogP contribution in [0.1, 0.15) is 25.0 Å². The van der Waals surface area contributed by atoms with Crippen molar-refractivity contribution in [2.24, 2.45) is 0 Å². The first-order valence-electron chi connectivity index (χ1n) is 7.02. The molecule has 0 saturated carbocycles. The van der Waals surface area contributed by atoms with Gasteiger partial charge in [0.1, 0.15) is 0 Å². The SMILES string of the molecule is CC(C)NCc1cnn(CCc2ccc([N+](=O)[O-])cc2)c1. The maximum Gasteiger partial charge on any atom is 0.269 e. The maximum atomic E-state index is 10.6. The van der Waals surface area contributed by atoms with Crippen LogP contribution in [-0.4, -0.2) is 20.7 Å². The standard InChI is InChI=1S/C15H20N4O2/c1-12(2)16-9-14-10-17-18(11-14)8-7-13-3-5-15(6-4-13)19(20)21/h3-6,10-12,16H,7-9H2,1-2H3. The largest absolute Gasteiger partial charge is 0.310 e. The van der Waals surface area contributed by atoms with Gasteiger partial charge in [0.15, 0.2) is 0 Å². The van der Waals surface area contributed by atoms with Crippen LogP contribution in [0.2, 0.25) is 0 Å². The summed E-state index contributed by atoms with van der Waals surface area (Å²) < 4.78 is 1.90. The summed E-state index contributed by atoms with van der Waals surface area (Å²) in [6.07, 6.45) is 4.70. The summed E-state index contributed by atoms with van der Waals surface area (Å²) >= 11 is 0. The molecule has 1 aromatic heterocycles. The zero-order chi connectivity index (χ0) is 15.2. The van der Waals surface area contributed by atoms with Crippen LogP contribution in [-0.2, 0) is 19.5 Å². The first kappa shape index (κ1) is 15.2. The highest BCUT2D eigenvalue weighted by molar-refractivity contribution is 5.32. The van der Waals surface area contributed by atoms with E-state index in [0.717, 1.165) is 30.6 Å². The molecular formula is C15H20N4O2. The lowest BCUT2D eigenvalue weighted by Crippen LogP contribution is -2.21. The van der Waals surface area contributed by atoms with Gasteiger partial charge in [-0.25, -0.2) is 0 Å². The van der Waals surface area contributed by atoms with E-state index in [-0.39, 0.29) is 10.6 Å². The average Bonchev–Trinajstić information content (AvgIpc) is 2.91. The van der Waals surface area contributed by atoms with Gasteiger partial charge in [0, 0.05) is 43.0 Å². The molecule has 0 bridgehead atoms. The molecule has 0 aliphatic rings. The molecule has 6 nitrogen and oxygen atoms in total. The highest BCUT2D eigenvalue weighted by Crippen LogP contribution is 2.12. The summed E-state index contributed by atoms with van der Waals surface area (Å²) in [6, 6.07) is 7.12. The molecule has 0 saturated heterocycles. The van der Waals surface area contributed by atoms with Gasteiger partial charge in [0.2, 0.25) is 0 Å². The minimum absolute atomic E-state index is 0.125. The summed E-state index contributed by atoms with van der Waals surface area (Å²) in [5.74, 6) is 0. The third-order valence-electron chi connectivity index (χ3n) is 3.18. The van der Waals surface area contributed by atoms with Crippen LogP contribution in [0.4, 0.5) is 5.69 Å². The summed E-state index contributed by atoms with van der Waals surface area (Å²) in [5.41, 5.74) is 2.35. The number of hydrogen-bond donors (Lipinski definition) is 1. The van der Waals surface area contributed by atoms with Gasteiger partial charge < -0.3 is 5.32 Å². The van der Waals surface area contributed by atoms with Crippen molar-refractivity contribution in [2.75, 3.05) is 0 Å². The van der Waals surface area contributed by atoms with Crippen molar-refractivity contribution < 1.29 is 4.92 Å². The number of aromatic nitrogens is 2. The van der Waals surface area contributed by atoms with Crippen LogP contribution in [0.3, 0.4) is 0 Å². The number of hydrogen-bond acceptors (Lipinski definition) is 4. The van der Waals surface area contributed by atoms with Crippen molar-refractivity contribution in [3.63, 3.8) is 0 Å². The monoisotopic (exact) mass is 288 g/mol. The van der Waals surface area contributed by atoms with Gasteiger partial charge in [-0.15, -0.1) is 0 Å². The van der Waals surface area contributed by atoms with Crippen LogP contribution in [0, 0.1) is 10.1 Å². The van der Waals surface area contributed by atoms with Crippen molar-refractivity contribution in [1.29, 1.82) is 0 Å². The minimum Gasteiger partial charge on any atom is -0.310 e. The molecule has 0 unspecified atom stereocenters. The van der Waals surface area contributed by atoms with Gasteiger partial charge in [-0.05, 0) is 12.0 Å².